The van der Waals surface area contributed by atoms with Gasteiger partial charge in [0.25, 0.3) is 17.4 Å². The molecule has 4 aromatic rings. The normalized spacial score (nSPS) is 11.4. The molecule has 49 heavy (non-hydrogen) atoms. The molecule has 1 unspecified atom stereocenters. The predicted molar refractivity (Wildman–Crippen MR) is 180 cm³/mol. The minimum Gasteiger partial charge on any atom is -0.480 e. The van der Waals surface area contributed by atoms with Crippen LogP contribution in [0, 0.1) is 0 Å². The number of nitrogens with two attached hydrogens (primary N) is 2. The summed E-state index contributed by atoms with van der Waals surface area (Å²) in [7, 11) is 0. The number of nitrogen functional groups attached to an aromatic ring is 2. The maximum atomic E-state index is 12.7. The number of aliphatic carboxylic acids is 1. The number of carboxylic acid groups (broad SMARTS) is 1. The number of nitrogens with zero attached hydrogens (tertiary/aromatic N) is 4. The number of aromatic amines is 1. The molecular weight excluding hydrogens is 636 g/mol. The molecule has 0 saturated carbocycles. The lowest BCUT2D eigenvalue weighted by molar-refractivity contribution is -0.139. The van der Waals surface area contributed by atoms with Gasteiger partial charge in [0.1, 0.15) is 11.9 Å². The molecule has 258 valence electrons. The Kier molecular flexibility index (Phi) is 12.9. The van der Waals surface area contributed by atoms with Crippen molar-refractivity contribution in [2.45, 2.75) is 51.1 Å². The Labute approximate surface area is 279 Å². The number of H-pyrrole nitrogens is 1. The molecule has 18 nitrogen and oxygen atoms in total. The summed E-state index contributed by atoms with van der Waals surface area (Å²) < 4.78 is 0. The molecule has 3 amide bonds. The highest BCUT2D eigenvalue weighted by Gasteiger charge is 2.22. The van der Waals surface area contributed by atoms with E-state index in [1.54, 1.807) is 24.3 Å². The van der Waals surface area contributed by atoms with E-state index in [0.717, 1.165) is 25.7 Å². The third-order valence-electron chi connectivity index (χ3n) is 7.26. The molecule has 18 heteroatoms. The number of hydrogen-bond donors (Lipinski definition) is 9. The molecule has 1 atom stereocenters. The van der Waals surface area contributed by atoms with Gasteiger partial charge in [0.05, 0.1) is 24.0 Å². The Bertz CT molecular complexity index is 1820. The molecule has 3 heterocycles. The number of carbonyl (C=O) groups is 4. The fourth-order valence-electron chi connectivity index (χ4n) is 4.60. The second-order valence-electron chi connectivity index (χ2n) is 10.9. The zero-order valence-corrected chi connectivity index (χ0v) is 26.5. The quantitative estimate of drug-likeness (QED) is 0.0398. The fraction of sp³-hybridized carbons (Fsp3) is 0.323. The number of pyridine rings is 1. The number of hydrogen-bond acceptors (Lipinski definition) is 13. The van der Waals surface area contributed by atoms with Gasteiger partial charge in [-0.3, -0.25) is 24.2 Å². The molecule has 0 spiro atoms. The third-order valence-corrected chi connectivity index (χ3v) is 7.26. The van der Waals surface area contributed by atoms with Crippen LogP contribution in [-0.2, 0) is 16.1 Å². The van der Waals surface area contributed by atoms with Crippen molar-refractivity contribution in [3.05, 3.63) is 76.0 Å². The van der Waals surface area contributed by atoms with E-state index in [1.807, 2.05) is 0 Å². The van der Waals surface area contributed by atoms with Crippen molar-refractivity contribution in [2.24, 2.45) is 5.84 Å². The molecule has 1 aromatic carbocycles. The predicted octanol–water partition coefficient (Wildman–Crippen LogP) is 0.658. The summed E-state index contributed by atoms with van der Waals surface area (Å²) in [5.41, 5.74) is 9.39. The summed E-state index contributed by atoms with van der Waals surface area (Å²) in [6.07, 6.45) is 5.93. The van der Waals surface area contributed by atoms with Gasteiger partial charge in [-0.15, -0.1) is 0 Å². The minimum atomic E-state index is -1.25. The zero-order valence-electron chi connectivity index (χ0n) is 26.5. The molecule has 0 aliphatic heterocycles. The Morgan fingerprint density at radius 1 is 0.857 bits per heavy atom. The first kappa shape index (κ1) is 35.7. The second kappa shape index (κ2) is 17.7. The number of rotatable bonds is 18. The smallest absolute Gasteiger partial charge is 0.326 e. The first-order chi connectivity index (χ1) is 23.6. The van der Waals surface area contributed by atoms with Crippen LogP contribution in [0.5, 0.6) is 0 Å². The Morgan fingerprint density at radius 3 is 2.24 bits per heavy atom. The molecular formula is C31H38N12O6. The van der Waals surface area contributed by atoms with Gasteiger partial charge in [0.2, 0.25) is 11.9 Å². The van der Waals surface area contributed by atoms with Crippen LogP contribution < -0.4 is 43.8 Å². The van der Waals surface area contributed by atoms with Gasteiger partial charge < -0.3 is 37.5 Å². The van der Waals surface area contributed by atoms with E-state index in [9.17, 15) is 29.1 Å². The number of benzene rings is 1. The van der Waals surface area contributed by atoms with Crippen LogP contribution in [0.25, 0.3) is 11.2 Å². The van der Waals surface area contributed by atoms with Crippen molar-refractivity contribution < 1.29 is 24.3 Å². The first-order valence-electron chi connectivity index (χ1n) is 15.5. The van der Waals surface area contributed by atoms with E-state index < -0.39 is 23.5 Å². The molecule has 11 N–H and O–H groups in total. The Hall–Kier alpha value is -6.17. The summed E-state index contributed by atoms with van der Waals surface area (Å²) in [6.45, 7) is 1.16. The maximum absolute atomic E-state index is 12.7. The number of unbranched alkanes of at least 4 members (excludes halogenated alkanes) is 3. The van der Waals surface area contributed by atoms with Crippen LogP contribution in [0.15, 0.2) is 53.6 Å². The largest absolute Gasteiger partial charge is 0.480 e. The number of hydrazine groups is 1. The summed E-state index contributed by atoms with van der Waals surface area (Å²) in [5.74, 6) is 3.29. The van der Waals surface area contributed by atoms with Crippen molar-refractivity contribution in [1.82, 2.24) is 40.9 Å². The average Bonchev–Trinajstić information content (AvgIpc) is 3.10. The van der Waals surface area contributed by atoms with E-state index in [1.165, 1.54) is 24.5 Å². The first-order valence-corrected chi connectivity index (χ1v) is 15.5. The highest BCUT2D eigenvalue weighted by atomic mass is 16.4. The third kappa shape index (κ3) is 11.0. The summed E-state index contributed by atoms with van der Waals surface area (Å²) in [5, 5.41) is 20.8. The fourth-order valence-corrected chi connectivity index (χ4v) is 4.60. The minimum absolute atomic E-state index is 0.0544. The second-order valence-corrected chi connectivity index (χ2v) is 10.9. The highest BCUT2D eigenvalue weighted by Crippen LogP contribution is 2.13. The van der Waals surface area contributed by atoms with Crippen molar-refractivity contribution in [3.63, 3.8) is 0 Å². The van der Waals surface area contributed by atoms with Gasteiger partial charge in [0.15, 0.2) is 11.2 Å². The van der Waals surface area contributed by atoms with Crippen LogP contribution in [0.1, 0.15) is 64.9 Å². The molecule has 0 aliphatic rings. The molecule has 0 bridgehead atoms. The lowest BCUT2D eigenvalue weighted by Crippen LogP contribution is -2.41. The molecule has 0 fully saturated rings. The number of carboxylic acids is 1. The van der Waals surface area contributed by atoms with Crippen molar-refractivity contribution >= 4 is 52.3 Å². The number of nitrogens with one attached hydrogen (secondary N) is 6. The molecule has 0 aliphatic carbocycles. The number of anilines is 3. The summed E-state index contributed by atoms with van der Waals surface area (Å²) >= 11 is 0. The topological polar surface area (TPSA) is 285 Å². The van der Waals surface area contributed by atoms with Crippen molar-refractivity contribution in [2.75, 3.05) is 29.6 Å². The lowest BCUT2D eigenvalue weighted by Gasteiger charge is -2.15. The zero-order chi connectivity index (χ0) is 35.2. The SMILES string of the molecule is NNc1ccc(C(=O)NCCCCCCNC(=O)CCC(NC(=O)c2ccc(NCc3cnc4nc(N)[nH]c(=O)c4n3)cc2)C(=O)O)cn1. The maximum Gasteiger partial charge on any atom is 0.326 e. The van der Waals surface area contributed by atoms with E-state index >= 15 is 0 Å². The molecule has 3 aromatic heterocycles. The van der Waals surface area contributed by atoms with Gasteiger partial charge in [-0.25, -0.2) is 25.6 Å². The number of carbonyl (C=O) groups excluding carboxylic acids is 3. The highest BCUT2D eigenvalue weighted by molar-refractivity contribution is 5.97. The van der Waals surface area contributed by atoms with E-state index in [-0.39, 0.29) is 53.9 Å². The van der Waals surface area contributed by atoms with Crippen molar-refractivity contribution in [1.29, 1.82) is 0 Å². The number of fused-ring (bicyclic) bond motifs is 1. The van der Waals surface area contributed by atoms with Gasteiger partial charge >= 0.3 is 5.97 Å². The summed E-state index contributed by atoms with van der Waals surface area (Å²) in [4.78, 5) is 79.6. The standard InChI is InChI=1S/C31H38N12O6/c32-31-41-26-25(29(47)42-31)39-21(17-38-26)16-36-20-8-5-18(6-9-20)28(46)40-22(30(48)49)10-12-24(44)34-13-3-1-2-4-14-35-27(45)19-7-11-23(43-33)37-15-19/h5-9,11,15,17,22,36H,1-4,10,12-14,16,33H2,(H,34,44)(H,35,45)(H,37,43)(H,40,46)(H,48,49)(H3,32,38,41,42,47). The van der Waals surface area contributed by atoms with Gasteiger partial charge in [-0.1, -0.05) is 12.8 Å². The average molecular weight is 675 g/mol. The Balaban J connectivity index is 1.11. The van der Waals surface area contributed by atoms with Gasteiger partial charge in [0, 0.05) is 37.0 Å². The van der Waals surface area contributed by atoms with Crippen LogP contribution in [0.4, 0.5) is 17.5 Å². The number of amides is 3. The van der Waals surface area contributed by atoms with Crippen LogP contribution >= 0.6 is 0 Å². The van der Waals surface area contributed by atoms with Crippen LogP contribution in [0.3, 0.4) is 0 Å². The molecule has 0 saturated heterocycles. The van der Waals surface area contributed by atoms with E-state index in [0.29, 0.717) is 35.9 Å². The molecule has 0 radical (unpaired) electrons. The van der Waals surface area contributed by atoms with Crippen LogP contribution in [0.2, 0.25) is 0 Å². The lowest BCUT2D eigenvalue weighted by atomic mass is 10.1. The number of aromatic nitrogens is 5. The molecule has 4 rings (SSSR count). The van der Waals surface area contributed by atoms with E-state index in [4.69, 9.17) is 11.6 Å². The van der Waals surface area contributed by atoms with Gasteiger partial charge in [-0.2, -0.15) is 4.98 Å². The monoisotopic (exact) mass is 674 g/mol. The van der Waals surface area contributed by atoms with E-state index in [2.05, 4.69) is 51.6 Å². The Morgan fingerprint density at radius 2 is 1.57 bits per heavy atom. The van der Waals surface area contributed by atoms with Crippen molar-refractivity contribution in [3.8, 4) is 0 Å². The van der Waals surface area contributed by atoms with Crippen LogP contribution in [-0.4, -0.2) is 72.8 Å². The summed E-state index contributed by atoms with van der Waals surface area (Å²) in [6, 6.07) is 8.30. The van der Waals surface area contributed by atoms with Gasteiger partial charge in [-0.05, 0) is 55.7 Å².